The highest BCUT2D eigenvalue weighted by Crippen LogP contribution is 2.42. The van der Waals surface area contributed by atoms with E-state index in [0.29, 0.717) is 49.2 Å². The number of fused-ring (bicyclic) bond motifs is 1. The van der Waals surface area contributed by atoms with Gasteiger partial charge in [-0.15, -0.1) is 0 Å². The average Bonchev–Trinajstić information content (AvgIpc) is 3.44. The first kappa shape index (κ1) is 31.4. The second-order valence-electron chi connectivity index (χ2n) is 11.9. The van der Waals surface area contributed by atoms with Crippen molar-refractivity contribution in [1.82, 2.24) is 20.6 Å². The smallest absolute Gasteiger partial charge is 0.251 e. The standard InChI is InChI=1S/C34H45N7O3/c1-22(38-33(42)25-11-9-23(10-12-25)24-13-15-27(36)16-14-24)28-21-32(40-31(39-28)8-5-18-44-19-17-35)41-29-7-4-3-6-26(29)20-30(41)34(43)37-2/h9-16,21-22,26,29-30H,3-8,17-20,35-36H2,1-2H3,(H,37,43)(H,38,42)/t22?,26-,29-,30-/m0/s1. The van der Waals surface area contributed by atoms with Gasteiger partial charge in [-0.05, 0) is 73.9 Å². The molecule has 44 heavy (non-hydrogen) atoms. The molecule has 6 N–H and O–H groups in total. The highest BCUT2D eigenvalue weighted by atomic mass is 16.5. The van der Waals surface area contributed by atoms with Crippen LogP contribution in [0.2, 0.25) is 0 Å². The quantitative estimate of drug-likeness (QED) is 0.180. The Kier molecular flexibility index (Phi) is 10.4. The third kappa shape index (κ3) is 7.36. The first-order valence-electron chi connectivity index (χ1n) is 15.8. The Bertz CT molecular complexity index is 1410. The minimum absolute atomic E-state index is 0.0139. The van der Waals surface area contributed by atoms with E-state index in [2.05, 4.69) is 15.5 Å². The molecule has 2 aromatic carbocycles. The maximum absolute atomic E-state index is 13.3. The van der Waals surface area contributed by atoms with Crippen LogP contribution in [0.5, 0.6) is 0 Å². The van der Waals surface area contributed by atoms with Gasteiger partial charge in [0, 0.05) is 50.0 Å². The summed E-state index contributed by atoms with van der Waals surface area (Å²) in [6.07, 6.45) is 6.69. The Balaban J connectivity index is 1.38. The van der Waals surface area contributed by atoms with E-state index >= 15 is 0 Å². The third-order valence-electron chi connectivity index (χ3n) is 8.81. The van der Waals surface area contributed by atoms with E-state index in [1.54, 1.807) is 7.05 Å². The summed E-state index contributed by atoms with van der Waals surface area (Å²) in [5, 5.41) is 6.00. The van der Waals surface area contributed by atoms with Crippen molar-refractivity contribution in [2.45, 2.75) is 70.0 Å². The molecule has 2 fully saturated rings. The lowest BCUT2D eigenvalue weighted by Crippen LogP contribution is -2.46. The van der Waals surface area contributed by atoms with Crippen molar-refractivity contribution >= 4 is 23.3 Å². The van der Waals surface area contributed by atoms with Crippen LogP contribution in [0.15, 0.2) is 54.6 Å². The highest BCUT2D eigenvalue weighted by molar-refractivity contribution is 5.95. The zero-order valence-corrected chi connectivity index (χ0v) is 25.8. The molecule has 0 bridgehead atoms. The Morgan fingerprint density at radius 1 is 1.02 bits per heavy atom. The van der Waals surface area contributed by atoms with Gasteiger partial charge in [0.05, 0.1) is 18.3 Å². The summed E-state index contributed by atoms with van der Waals surface area (Å²) in [5.41, 5.74) is 15.4. The van der Waals surface area contributed by atoms with Crippen LogP contribution < -0.4 is 27.0 Å². The molecule has 10 heteroatoms. The van der Waals surface area contributed by atoms with Gasteiger partial charge in [-0.2, -0.15) is 0 Å². The maximum atomic E-state index is 13.3. The zero-order valence-electron chi connectivity index (χ0n) is 25.8. The van der Waals surface area contributed by atoms with Gasteiger partial charge in [-0.3, -0.25) is 9.59 Å². The van der Waals surface area contributed by atoms with Gasteiger partial charge in [0.25, 0.3) is 5.91 Å². The monoisotopic (exact) mass is 599 g/mol. The molecular weight excluding hydrogens is 554 g/mol. The molecule has 0 spiro atoms. The summed E-state index contributed by atoms with van der Waals surface area (Å²) >= 11 is 0. The molecule has 1 aromatic heterocycles. The number of rotatable bonds is 12. The largest absolute Gasteiger partial charge is 0.399 e. The van der Waals surface area contributed by atoms with Crippen LogP contribution in [0.4, 0.5) is 11.5 Å². The number of anilines is 2. The lowest BCUT2D eigenvalue weighted by Gasteiger charge is -2.35. The highest BCUT2D eigenvalue weighted by Gasteiger charge is 2.45. The SMILES string of the molecule is CNC(=O)[C@@H]1C[C@@H]2CCCC[C@@H]2N1c1cc(C(C)NC(=O)c2ccc(-c3ccc(N)cc3)cc2)nc(CCCOCCN)n1. The molecule has 10 nitrogen and oxygen atoms in total. The number of hydrogen-bond acceptors (Lipinski definition) is 8. The fourth-order valence-corrected chi connectivity index (χ4v) is 6.52. The van der Waals surface area contributed by atoms with Gasteiger partial charge in [0.15, 0.2) is 0 Å². The van der Waals surface area contributed by atoms with Gasteiger partial charge in [-0.1, -0.05) is 37.1 Å². The van der Waals surface area contributed by atoms with Crippen LogP contribution in [-0.4, -0.2) is 60.7 Å². The van der Waals surface area contributed by atoms with Crippen LogP contribution in [0.1, 0.15) is 73.4 Å². The van der Waals surface area contributed by atoms with Crippen molar-refractivity contribution in [3.63, 3.8) is 0 Å². The second-order valence-corrected chi connectivity index (χ2v) is 11.9. The van der Waals surface area contributed by atoms with Gasteiger partial charge in [0.2, 0.25) is 5.91 Å². The first-order valence-corrected chi connectivity index (χ1v) is 15.8. The molecule has 1 aliphatic carbocycles. The van der Waals surface area contributed by atoms with Gasteiger partial charge in [0.1, 0.15) is 17.7 Å². The van der Waals surface area contributed by atoms with Crippen LogP contribution in [-0.2, 0) is 16.0 Å². The number of aromatic nitrogens is 2. The molecule has 0 radical (unpaired) electrons. The Labute approximate surface area is 260 Å². The van der Waals surface area contributed by atoms with E-state index in [-0.39, 0.29) is 29.9 Å². The topological polar surface area (TPSA) is 148 Å². The molecular formula is C34H45N7O3. The lowest BCUT2D eigenvalue weighted by molar-refractivity contribution is -0.121. The summed E-state index contributed by atoms with van der Waals surface area (Å²) in [6, 6.07) is 16.7. The van der Waals surface area contributed by atoms with Crippen LogP contribution >= 0.6 is 0 Å². The van der Waals surface area contributed by atoms with E-state index in [9.17, 15) is 9.59 Å². The molecule has 5 rings (SSSR count). The molecule has 1 saturated heterocycles. The van der Waals surface area contributed by atoms with E-state index < -0.39 is 0 Å². The number of carbonyl (C=O) groups is 2. The summed E-state index contributed by atoms with van der Waals surface area (Å²) in [4.78, 5) is 38.5. The number of nitrogens with two attached hydrogens (primary N) is 2. The predicted molar refractivity (Wildman–Crippen MR) is 173 cm³/mol. The third-order valence-corrected chi connectivity index (χ3v) is 8.81. The van der Waals surface area contributed by atoms with Gasteiger partial charge >= 0.3 is 0 Å². The normalized spacial score (nSPS) is 20.2. The minimum atomic E-state index is -0.378. The van der Waals surface area contributed by atoms with Crippen molar-refractivity contribution in [2.75, 3.05) is 37.4 Å². The Hall–Kier alpha value is -4.02. The molecule has 2 heterocycles. The van der Waals surface area contributed by atoms with Crippen LogP contribution in [0.25, 0.3) is 11.1 Å². The number of amides is 2. The van der Waals surface area contributed by atoms with Crippen molar-refractivity contribution < 1.29 is 14.3 Å². The summed E-state index contributed by atoms with van der Waals surface area (Å²) in [7, 11) is 1.69. The Morgan fingerprint density at radius 3 is 2.43 bits per heavy atom. The number of nitrogens with one attached hydrogen (secondary N) is 2. The van der Waals surface area contributed by atoms with Gasteiger partial charge in [-0.25, -0.2) is 9.97 Å². The molecule has 2 aliphatic rings. The number of ether oxygens (including phenoxy) is 1. The number of benzene rings is 2. The average molecular weight is 600 g/mol. The Morgan fingerprint density at radius 2 is 1.73 bits per heavy atom. The van der Waals surface area contributed by atoms with Crippen molar-refractivity contribution in [3.05, 3.63) is 71.7 Å². The fourth-order valence-electron chi connectivity index (χ4n) is 6.52. The molecule has 234 valence electrons. The minimum Gasteiger partial charge on any atom is -0.399 e. The number of carbonyl (C=O) groups excluding carboxylic acids is 2. The van der Waals surface area contributed by atoms with Crippen LogP contribution in [0, 0.1) is 5.92 Å². The first-order chi connectivity index (χ1) is 21.4. The van der Waals surface area contributed by atoms with Crippen molar-refractivity contribution in [2.24, 2.45) is 11.7 Å². The molecule has 1 unspecified atom stereocenters. The second kappa shape index (κ2) is 14.6. The molecule has 2 amide bonds. The summed E-state index contributed by atoms with van der Waals surface area (Å²) < 4.78 is 5.58. The number of aryl methyl sites for hydroxylation is 1. The fraction of sp³-hybridized carbons (Fsp3) is 0.471. The van der Waals surface area contributed by atoms with Crippen molar-refractivity contribution in [1.29, 1.82) is 0 Å². The molecule has 4 atom stereocenters. The zero-order chi connectivity index (χ0) is 31.1. The van der Waals surface area contributed by atoms with Crippen LogP contribution in [0.3, 0.4) is 0 Å². The number of hydrogen-bond donors (Lipinski definition) is 4. The van der Waals surface area contributed by atoms with E-state index in [1.807, 2.05) is 61.5 Å². The number of nitrogens with zero attached hydrogens (tertiary/aromatic N) is 3. The van der Waals surface area contributed by atoms with Gasteiger partial charge < -0.3 is 31.7 Å². The molecule has 3 aromatic rings. The maximum Gasteiger partial charge on any atom is 0.251 e. The van der Waals surface area contributed by atoms with E-state index in [4.69, 9.17) is 26.2 Å². The summed E-state index contributed by atoms with van der Waals surface area (Å²) in [6.45, 7) is 3.50. The summed E-state index contributed by atoms with van der Waals surface area (Å²) in [5.74, 6) is 1.73. The predicted octanol–water partition coefficient (Wildman–Crippen LogP) is 4.01. The molecule has 1 aliphatic heterocycles. The number of likely N-dealkylation sites (N-methyl/N-ethyl adjacent to an activating group) is 1. The van der Waals surface area contributed by atoms with E-state index in [1.165, 1.54) is 6.42 Å². The lowest BCUT2D eigenvalue weighted by atomic mass is 9.84. The number of nitrogen functional groups attached to an aromatic ring is 1. The van der Waals surface area contributed by atoms with E-state index in [0.717, 1.165) is 54.7 Å². The van der Waals surface area contributed by atoms with Crippen molar-refractivity contribution in [3.8, 4) is 11.1 Å². The molecule has 1 saturated carbocycles.